The molecule has 0 bridgehead atoms. The van der Waals surface area contributed by atoms with E-state index in [4.69, 9.17) is 5.21 Å². The van der Waals surface area contributed by atoms with E-state index < -0.39 is 5.91 Å². The van der Waals surface area contributed by atoms with Crippen molar-refractivity contribution in [3.63, 3.8) is 0 Å². The van der Waals surface area contributed by atoms with E-state index in [1.165, 1.54) is 40.5 Å². The number of para-hydroxylation sites is 1. The van der Waals surface area contributed by atoms with Crippen molar-refractivity contribution in [2.75, 3.05) is 31.1 Å². The Morgan fingerprint density at radius 3 is 2.06 bits per heavy atom. The van der Waals surface area contributed by atoms with Gasteiger partial charge in [0.2, 0.25) is 5.91 Å². The van der Waals surface area contributed by atoms with E-state index >= 15 is 0 Å². The fourth-order valence-electron chi connectivity index (χ4n) is 3.57. The van der Waals surface area contributed by atoms with Crippen molar-refractivity contribution in [3.8, 4) is 0 Å². The summed E-state index contributed by atoms with van der Waals surface area (Å²) in [4.78, 5) is 32.2. The van der Waals surface area contributed by atoms with Gasteiger partial charge in [0.1, 0.15) is 0 Å². The van der Waals surface area contributed by atoms with Crippen LogP contribution in [0.1, 0.15) is 22.5 Å². The molecule has 8 heteroatoms. The molecule has 1 aromatic heterocycles. The minimum absolute atomic E-state index is 0. The number of pyridine rings is 1. The lowest BCUT2D eigenvalue weighted by atomic mass is 10.1. The van der Waals surface area contributed by atoms with Crippen LogP contribution in [0.3, 0.4) is 0 Å². The molecule has 31 heavy (non-hydrogen) atoms. The lowest BCUT2D eigenvalue weighted by molar-refractivity contribution is -0.126. The highest BCUT2D eigenvalue weighted by Crippen LogP contribution is 2.25. The Balaban J connectivity index is 0.00000341. The second kappa shape index (κ2) is 11.3. The minimum Gasteiger partial charge on any atom is -0.368 e. The molecule has 3 rings (SSSR count). The zero-order valence-corrected chi connectivity index (χ0v) is 18.4. The monoisotopic (exact) mass is 442 g/mol. The summed E-state index contributed by atoms with van der Waals surface area (Å²) in [5.74, 6) is -0.675. The van der Waals surface area contributed by atoms with Gasteiger partial charge >= 0.3 is 0 Å². The molecule has 2 aromatic rings. The van der Waals surface area contributed by atoms with Gasteiger partial charge in [-0.3, -0.25) is 14.8 Å². The van der Waals surface area contributed by atoms with Crippen LogP contribution < -0.4 is 10.4 Å². The number of hydrogen-bond acceptors (Lipinski definition) is 5. The summed E-state index contributed by atoms with van der Waals surface area (Å²) in [5, 5.41) is 8.52. The first-order valence-electron chi connectivity index (χ1n) is 9.85. The maximum absolute atomic E-state index is 12.6. The van der Waals surface area contributed by atoms with E-state index in [2.05, 4.69) is 41.9 Å². The van der Waals surface area contributed by atoms with Crippen molar-refractivity contribution in [2.45, 2.75) is 13.8 Å². The summed E-state index contributed by atoms with van der Waals surface area (Å²) < 4.78 is 0. The zero-order chi connectivity index (χ0) is 21.5. The van der Waals surface area contributed by atoms with E-state index in [0.717, 1.165) is 13.1 Å². The molecule has 0 aliphatic carbocycles. The molecule has 2 N–H and O–H groups in total. The van der Waals surface area contributed by atoms with E-state index in [-0.39, 0.29) is 18.3 Å². The Hall–Kier alpha value is -3.16. The fourth-order valence-corrected chi connectivity index (χ4v) is 3.57. The maximum Gasteiger partial charge on any atom is 0.267 e. The molecule has 0 radical (unpaired) electrons. The average Bonchev–Trinajstić information content (AvgIpc) is 2.76. The number of amides is 2. The normalized spacial score (nSPS) is 14.0. The van der Waals surface area contributed by atoms with Crippen LogP contribution in [0.25, 0.3) is 12.2 Å². The molecule has 164 valence electrons. The first-order chi connectivity index (χ1) is 14.5. The van der Waals surface area contributed by atoms with Gasteiger partial charge in [-0.2, -0.15) is 0 Å². The van der Waals surface area contributed by atoms with E-state index in [1.54, 1.807) is 24.3 Å². The number of anilines is 1. The van der Waals surface area contributed by atoms with Crippen LogP contribution >= 0.6 is 12.4 Å². The Morgan fingerprint density at radius 1 is 0.935 bits per heavy atom. The third-order valence-corrected chi connectivity index (χ3v) is 5.05. The number of halogens is 1. The van der Waals surface area contributed by atoms with Gasteiger partial charge in [0.05, 0.1) is 11.4 Å². The largest absolute Gasteiger partial charge is 0.368 e. The van der Waals surface area contributed by atoms with Crippen molar-refractivity contribution < 1.29 is 14.8 Å². The van der Waals surface area contributed by atoms with Gasteiger partial charge in [-0.05, 0) is 49.3 Å². The first-order valence-corrected chi connectivity index (χ1v) is 9.85. The summed E-state index contributed by atoms with van der Waals surface area (Å²) in [5.41, 5.74) is 6.47. The highest BCUT2D eigenvalue weighted by Gasteiger charge is 2.21. The van der Waals surface area contributed by atoms with Crippen LogP contribution in [0.2, 0.25) is 0 Å². The Bertz CT molecular complexity index is 962. The predicted octanol–water partition coefficient (Wildman–Crippen LogP) is 3.00. The molecule has 0 saturated carbocycles. The van der Waals surface area contributed by atoms with Crippen molar-refractivity contribution in [3.05, 3.63) is 71.1 Å². The maximum atomic E-state index is 12.6. The van der Waals surface area contributed by atoms with Gasteiger partial charge in [0, 0.05) is 44.0 Å². The van der Waals surface area contributed by atoms with Gasteiger partial charge in [-0.25, -0.2) is 10.5 Å². The highest BCUT2D eigenvalue weighted by molar-refractivity contribution is 5.92. The number of piperazine rings is 1. The van der Waals surface area contributed by atoms with Crippen LogP contribution in [-0.2, 0) is 9.59 Å². The van der Waals surface area contributed by atoms with Crippen LogP contribution in [-0.4, -0.2) is 53.1 Å². The highest BCUT2D eigenvalue weighted by atomic mass is 35.5. The number of aryl methyl sites for hydroxylation is 2. The Morgan fingerprint density at radius 2 is 1.48 bits per heavy atom. The number of nitrogens with one attached hydrogen (secondary N) is 1. The number of carbonyl (C=O) groups is 2. The lowest BCUT2D eigenvalue weighted by Gasteiger charge is -2.37. The summed E-state index contributed by atoms with van der Waals surface area (Å²) in [6, 6.07) is 11.6. The smallest absolute Gasteiger partial charge is 0.267 e. The molecule has 0 unspecified atom stereocenters. The van der Waals surface area contributed by atoms with Gasteiger partial charge in [0.15, 0.2) is 0 Å². The molecule has 7 nitrogen and oxygen atoms in total. The van der Waals surface area contributed by atoms with Gasteiger partial charge in [0.25, 0.3) is 5.91 Å². The molecule has 1 saturated heterocycles. The second-order valence-electron chi connectivity index (χ2n) is 7.18. The summed E-state index contributed by atoms with van der Waals surface area (Å²) in [7, 11) is 0. The van der Waals surface area contributed by atoms with E-state index in [1.807, 2.05) is 4.90 Å². The van der Waals surface area contributed by atoms with Crippen LogP contribution in [0.15, 0.2) is 48.6 Å². The number of nitrogens with zero attached hydrogens (tertiary/aromatic N) is 3. The van der Waals surface area contributed by atoms with Crippen LogP contribution in [0.4, 0.5) is 5.69 Å². The second-order valence-corrected chi connectivity index (χ2v) is 7.18. The molecule has 1 aliphatic heterocycles. The molecular weight excluding hydrogens is 416 g/mol. The van der Waals surface area contributed by atoms with Crippen molar-refractivity contribution in [1.82, 2.24) is 15.4 Å². The molecule has 0 atom stereocenters. The van der Waals surface area contributed by atoms with Crippen LogP contribution in [0, 0.1) is 13.8 Å². The zero-order valence-electron chi connectivity index (χ0n) is 17.6. The third kappa shape index (κ3) is 6.41. The number of hydroxylamine groups is 1. The fraction of sp³-hybridized carbons (Fsp3) is 0.261. The quantitative estimate of drug-likeness (QED) is 0.422. The number of aromatic nitrogens is 1. The van der Waals surface area contributed by atoms with Crippen molar-refractivity contribution in [2.24, 2.45) is 0 Å². The molecule has 2 amide bonds. The van der Waals surface area contributed by atoms with Crippen molar-refractivity contribution in [1.29, 1.82) is 0 Å². The predicted molar refractivity (Wildman–Crippen MR) is 124 cm³/mol. The lowest BCUT2D eigenvalue weighted by Crippen LogP contribution is -2.48. The van der Waals surface area contributed by atoms with Gasteiger partial charge in [-0.15, -0.1) is 12.4 Å². The molecule has 2 heterocycles. The summed E-state index contributed by atoms with van der Waals surface area (Å²) >= 11 is 0. The Labute approximate surface area is 188 Å². The van der Waals surface area contributed by atoms with Crippen LogP contribution in [0.5, 0.6) is 0 Å². The third-order valence-electron chi connectivity index (χ3n) is 5.05. The van der Waals surface area contributed by atoms with E-state index in [9.17, 15) is 9.59 Å². The number of rotatable bonds is 5. The topological polar surface area (TPSA) is 85.8 Å². The van der Waals surface area contributed by atoms with Gasteiger partial charge in [-0.1, -0.05) is 24.3 Å². The number of benzene rings is 1. The van der Waals surface area contributed by atoms with E-state index in [0.29, 0.717) is 24.5 Å². The molecule has 0 spiro atoms. The number of carbonyl (C=O) groups excluding carboxylic acids is 2. The Kier molecular flexibility index (Phi) is 8.78. The van der Waals surface area contributed by atoms with Gasteiger partial charge < -0.3 is 9.80 Å². The summed E-state index contributed by atoms with van der Waals surface area (Å²) in [6.07, 6.45) is 5.86. The molecule has 1 aliphatic rings. The minimum atomic E-state index is -0.632. The molecular formula is C23H27ClN4O3. The number of hydrogen-bond donors (Lipinski definition) is 2. The first kappa shape index (κ1) is 24.1. The standard InChI is InChI=1S/C23H26N4O3.ClH/c1-17-5-3-6-18(2)23(17)27-15-13-26(14-16-27)22(29)12-10-20-8-4-7-19(24-20)9-11-21(28)25-30;/h3-12,30H,13-16H2,1-2H3,(H,25,28);1H. The molecule has 1 aromatic carbocycles. The van der Waals surface area contributed by atoms with Crippen molar-refractivity contribution >= 4 is 42.1 Å². The molecule has 1 fully saturated rings. The summed E-state index contributed by atoms with van der Waals surface area (Å²) in [6.45, 7) is 7.19. The average molecular weight is 443 g/mol. The SMILES string of the molecule is Cc1cccc(C)c1N1CCN(C(=O)C=Cc2cccc(C=CC(=O)NO)n2)CC1.Cl.